The van der Waals surface area contributed by atoms with Gasteiger partial charge in [0.1, 0.15) is 19.0 Å². The van der Waals surface area contributed by atoms with Crippen molar-refractivity contribution in [2.75, 3.05) is 27.1 Å². The summed E-state index contributed by atoms with van der Waals surface area (Å²) in [7, 11) is -0.949. The lowest BCUT2D eigenvalue weighted by Crippen LogP contribution is -2.40. The van der Waals surface area contributed by atoms with Crippen LogP contribution in [-0.2, 0) is 35.0 Å². The van der Waals surface area contributed by atoms with Gasteiger partial charge in [-0.3, -0.25) is 14.2 Å². The second-order valence-electron chi connectivity index (χ2n) is 10.1. The number of nitrogens with one attached hydrogen (secondary N) is 2. The summed E-state index contributed by atoms with van der Waals surface area (Å²) in [5, 5.41) is 14.7. The van der Waals surface area contributed by atoms with E-state index in [0.29, 0.717) is 5.56 Å². The largest absolute Gasteiger partial charge is 0.493 e. The van der Waals surface area contributed by atoms with E-state index in [1.165, 1.54) is 27.2 Å². The number of benzene rings is 1. The van der Waals surface area contributed by atoms with Gasteiger partial charge in [-0.2, -0.15) is 0 Å². The summed E-state index contributed by atoms with van der Waals surface area (Å²) in [6.07, 6.45) is 3.14. The number of ether oxygens (including phenoxy) is 4. The Labute approximate surface area is 229 Å². The number of carboxylic acids is 1. The number of rotatable bonds is 15. The van der Waals surface area contributed by atoms with Gasteiger partial charge in [0.25, 0.3) is 0 Å². The van der Waals surface area contributed by atoms with Crippen LogP contribution in [0.1, 0.15) is 64.9 Å². The quantitative estimate of drug-likeness (QED) is 0.201. The van der Waals surface area contributed by atoms with E-state index in [1.807, 2.05) is 0 Å². The van der Waals surface area contributed by atoms with E-state index in [2.05, 4.69) is 10.4 Å². The van der Waals surface area contributed by atoms with Gasteiger partial charge in [0.2, 0.25) is 0 Å². The van der Waals surface area contributed by atoms with Gasteiger partial charge in [0.05, 0.1) is 19.6 Å². The molecule has 1 aromatic rings. The first-order valence-electron chi connectivity index (χ1n) is 13.0. The monoisotopic (exact) mass is 572 g/mol. The standard InChI is InChI=1S/C26H41N2O10P/c1-18(2)37-24(31)19(3)28-39(33,17-34-4)38-21-10-9-20(13-22(21)35-5)15-36-25(32)27-16-26(14-23(29)30)11-7-6-8-12-26/h9-10,13,18-19H,6-8,11-12,14-17H2,1-5H3,(H,27,32)(H,28,33)(H,29,30)/t19-,39?/m0/s1. The SMILES string of the molecule is COCP(=O)(N[C@@H](C)C(=O)OC(C)C)Oc1ccc(COC(=O)NCC2(CC(=O)O)CCCCC2)cc1OC. The molecular weight excluding hydrogens is 531 g/mol. The molecular formula is C26H41N2O10P. The van der Waals surface area contributed by atoms with Crippen LogP contribution in [0.5, 0.6) is 11.5 Å². The predicted octanol–water partition coefficient (Wildman–Crippen LogP) is 4.45. The van der Waals surface area contributed by atoms with Crippen molar-refractivity contribution < 1.29 is 47.5 Å². The number of methoxy groups -OCH3 is 2. The Balaban J connectivity index is 2.01. The van der Waals surface area contributed by atoms with E-state index in [9.17, 15) is 24.1 Å². The molecule has 1 fully saturated rings. The molecule has 1 unspecified atom stereocenters. The van der Waals surface area contributed by atoms with Crippen molar-refractivity contribution in [2.24, 2.45) is 5.41 Å². The van der Waals surface area contributed by atoms with Crippen molar-refractivity contribution in [3.05, 3.63) is 23.8 Å². The van der Waals surface area contributed by atoms with Crippen LogP contribution < -0.4 is 19.7 Å². The van der Waals surface area contributed by atoms with Gasteiger partial charge in [-0.1, -0.05) is 25.3 Å². The van der Waals surface area contributed by atoms with Crippen molar-refractivity contribution in [3.8, 4) is 11.5 Å². The van der Waals surface area contributed by atoms with Crippen LogP contribution in [0, 0.1) is 5.41 Å². The molecule has 1 amide bonds. The van der Waals surface area contributed by atoms with E-state index < -0.39 is 37.0 Å². The zero-order chi connectivity index (χ0) is 29.1. The Morgan fingerprint density at radius 3 is 2.36 bits per heavy atom. The molecule has 12 nitrogen and oxygen atoms in total. The topological polar surface area (TPSA) is 159 Å². The van der Waals surface area contributed by atoms with Crippen molar-refractivity contribution in [1.82, 2.24) is 10.4 Å². The van der Waals surface area contributed by atoms with Crippen LogP contribution in [0.3, 0.4) is 0 Å². The summed E-state index contributed by atoms with van der Waals surface area (Å²) in [4.78, 5) is 35.9. The number of hydrogen-bond acceptors (Lipinski definition) is 9. The Morgan fingerprint density at radius 2 is 1.77 bits per heavy atom. The predicted molar refractivity (Wildman–Crippen MR) is 143 cm³/mol. The molecule has 1 aliphatic rings. The van der Waals surface area contributed by atoms with Crippen molar-refractivity contribution in [2.45, 2.75) is 78.0 Å². The first kappa shape index (κ1) is 32.4. The van der Waals surface area contributed by atoms with E-state index >= 15 is 0 Å². The second-order valence-corrected chi connectivity index (χ2v) is 12.1. The molecule has 1 aromatic carbocycles. The fourth-order valence-corrected chi connectivity index (χ4v) is 6.16. The normalized spacial score (nSPS) is 17.0. The van der Waals surface area contributed by atoms with E-state index in [4.69, 9.17) is 23.5 Å². The zero-order valence-corrected chi connectivity index (χ0v) is 24.2. The first-order valence-corrected chi connectivity index (χ1v) is 14.8. The number of esters is 1. The molecule has 0 aliphatic heterocycles. The molecule has 3 N–H and O–H groups in total. The van der Waals surface area contributed by atoms with Gasteiger partial charge < -0.3 is 33.9 Å². The molecule has 0 spiro atoms. The number of aliphatic carboxylic acids is 1. The van der Waals surface area contributed by atoms with Gasteiger partial charge in [-0.15, -0.1) is 0 Å². The van der Waals surface area contributed by atoms with Crippen LogP contribution in [0.15, 0.2) is 18.2 Å². The summed E-state index contributed by atoms with van der Waals surface area (Å²) < 4.78 is 40.1. The molecule has 2 atom stereocenters. The molecule has 0 aromatic heterocycles. The molecule has 0 saturated heterocycles. The molecule has 0 radical (unpaired) electrons. The average Bonchev–Trinajstić information content (AvgIpc) is 2.86. The highest BCUT2D eigenvalue weighted by molar-refractivity contribution is 7.57. The summed E-state index contributed by atoms with van der Waals surface area (Å²) in [5.74, 6) is -1.10. The minimum Gasteiger partial charge on any atom is -0.493 e. The Morgan fingerprint density at radius 1 is 1.08 bits per heavy atom. The molecule has 13 heteroatoms. The summed E-state index contributed by atoms with van der Waals surface area (Å²) in [6, 6.07) is 3.78. The van der Waals surface area contributed by atoms with Crippen LogP contribution in [0.2, 0.25) is 0 Å². The van der Waals surface area contributed by atoms with Crippen molar-refractivity contribution >= 4 is 25.6 Å². The molecule has 1 saturated carbocycles. The highest BCUT2D eigenvalue weighted by atomic mass is 31.2. The molecule has 0 heterocycles. The number of carbonyl (C=O) groups is 3. The third-order valence-corrected chi connectivity index (χ3v) is 8.16. The Bertz CT molecular complexity index is 1030. The maximum atomic E-state index is 13.4. The van der Waals surface area contributed by atoms with Gasteiger partial charge in [0.15, 0.2) is 11.5 Å². The molecule has 2 rings (SSSR count). The van der Waals surface area contributed by atoms with E-state index in [-0.39, 0.29) is 43.5 Å². The average molecular weight is 573 g/mol. The van der Waals surface area contributed by atoms with Gasteiger partial charge >= 0.3 is 25.6 Å². The zero-order valence-electron chi connectivity index (χ0n) is 23.3. The van der Waals surface area contributed by atoms with E-state index in [1.54, 1.807) is 26.0 Å². The Kier molecular flexibility index (Phi) is 12.5. The van der Waals surface area contributed by atoms with Crippen molar-refractivity contribution in [3.63, 3.8) is 0 Å². The molecule has 39 heavy (non-hydrogen) atoms. The summed E-state index contributed by atoms with van der Waals surface area (Å²) >= 11 is 0. The fraction of sp³-hybridized carbons (Fsp3) is 0.654. The minimum absolute atomic E-state index is 0.00537. The summed E-state index contributed by atoms with van der Waals surface area (Å²) in [6.45, 7) is 5.08. The highest BCUT2D eigenvalue weighted by Gasteiger charge is 2.35. The van der Waals surface area contributed by atoms with Crippen LogP contribution in [0.25, 0.3) is 0 Å². The van der Waals surface area contributed by atoms with Gasteiger partial charge in [0, 0.05) is 13.7 Å². The highest BCUT2D eigenvalue weighted by Crippen LogP contribution is 2.46. The Hall–Kier alpha value is -2.82. The lowest BCUT2D eigenvalue weighted by Gasteiger charge is -2.36. The van der Waals surface area contributed by atoms with Gasteiger partial charge in [-0.25, -0.2) is 9.88 Å². The molecule has 0 bridgehead atoms. The molecule has 1 aliphatic carbocycles. The van der Waals surface area contributed by atoms with Crippen molar-refractivity contribution in [1.29, 1.82) is 0 Å². The lowest BCUT2D eigenvalue weighted by molar-refractivity contribution is -0.149. The number of carbonyl (C=O) groups excluding carboxylic acids is 2. The van der Waals surface area contributed by atoms with Crippen LogP contribution in [0.4, 0.5) is 4.79 Å². The van der Waals surface area contributed by atoms with Gasteiger partial charge in [-0.05, 0) is 56.7 Å². The third kappa shape index (κ3) is 10.7. The summed E-state index contributed by atoms with van der Waals surface area (Å²) in [5.41, 5.74) is 0.120. The van der Waals surface area contributed by atoms with Crippen LogP contribution in [-0.4, -0.2) is 62.4 Å². The van der Waals surface area contributed by atoms with Crippen LogP contribution >= 0.6 is 7.52 Å². The minimum atomic E-state index is -3.71. The smallest absolute Gasteiger partial charge is 0.407 e. The number of carboxylic acid groups (broad SMARTS) is 1. The number of alkyl carbamates (subject to hydrolysis) is 1. The molecule has 220 valence electrons. The first-order chi connectivity index (χ1) is 18.4. The second kappa shape index (κ2) is 15.1. The number of hydrogen-bond donors (Lipinski definition) is 3. The third-order valence-electron chi connectivity index (χ3n) is 6.29. The number of amides is 1. The maximum absolute atomic E-state index is 13.4. The van der Waals surface area contributed by atoms with E-state index in [0.717, 1.165) is 32.1 Å². The maximum Gasteiger partial charge on any atom is 0.407 e. The lowest BCUT2D eigenvalue weighted by atomic mass is 9.72. The fourth-order valence-electron chi connectivity index (χ4n) is 4.48.